The predicted molar refractivity (Wildman–Crippen MR) is 86.6 cm³/mol. The highest BCUT2D eigenvalue weighted by molar-refractivity contribution is 5.92. The normalized spacial score (nSPS) is 15.7. The summed E-state index contributed by atoms with van der Waals surface area (Å²) in [5.41, 5.74) is 0.733. The van der Waals surface area contributed by atoms with Crippen LogP contribution in [0.4, 0.5) is 5.82 Å². The summed E-state index contributed by atoms with van der Waals surface area (Å²) in [6.45, 7) is 4.47. The van der Waals surface area contributed by atoms with Gasteiger partial charge in [-0.05, 0) is 37.4 Å². The molecule has 1 aromatic heterocycles. The number of pyridine rings is 1. The van der Waals surface area contributed by atoms with Crippen molar-refractivity contribution in [3.05, 3.63) is 36.0 Å². The van der Waals surface area contributed by atoms with Crippen LogP contribution in [0.5, 0.6) is 0 Å². The van der Waals surface area contributed by atoms with E-state index in [1.807, 2.05) is 18.2 Å². The van der Waals surface area contributed by atoms with Gasteiger partial charge in [0.25, 0.3) is 0 Å². The van der Waals surface area contributed by atoms with E-state index in [1.165, 1.54) is 25.9 Å². The topological polar surface area (TPSA) is 39.6 Å². The van der Waals surface area contributed by atoms with E-state index in [4.69, 9.17) is 0 Å². The minimum absolute atomic E-state index is 0.0161. The second-order valence-electron chi connectivity index (χ2n) is 5.79. The van der Waals surface area contributed by atoms with Gasteiger partial charge in [-0.3, -0.25) is 0 Å². The molecular weight excluding hydrogens is 262 g/mol. The summed E-state index contributed by atoms with van der Waals surface area (Å²) < 4.78 is 0. The summed E-state index contributed by atoms with van der Waals surface area (Å²) in [6, 6.07) is 10.2. The van der Waals surface area contributed by atoms with Gasteiger partial charge in [0.2, 0.25) is 0 Å². The lowest BCUT2D eigenvalue weighted by Crippen LogP contribution is -2.32. The largest absolute Gasteiger partial charge is 0.390 e. The molecule has 4 heteroatoms. The van der Waals surface area contributed by atoms with Crippen LogP contribution in [0.15, 0.2) is 30.3 Å². The van der Waals surface area contributed by atoms with Gasteiger partial charge >= 0.3 is 0 Å². The highest BCUT2D eigenvalue weighted by Crippen LogP contribution is 2.25. The molecule has 0 spiro atoms. The van der Waals surface area contributed by atoms with E-state index in [0.29, 0.717) is 0 Å². The van der Waals surface area contributed by atoms with E-state index < -0.39 is 0 Å². The first kappa shape index (κ1) is 14.3. The van der Waals surface area contributed by atoms with E-state index in [1.54, 1.807) is 0 Å². The molecule has 2 heterocycles. The number of hydrogen-bond donors (Lipinski definition) is 1. The molecule has 3 rings (SSSR count). The zero-order valence-corrected chi connectivity index (χ0v) is 12.6. The number of fused-ring (bicyclic) bond motifs is 1. The van der Waals surface area contributed by atoms with Gasteiger partial charge in [0, 0.05) is 25.5 Å². The lowest BCUT2D eigenvalue weighted by Gasteiger charge is -2.24. The molecule has 1 aliphatic rings. The number of aliphatic hydroxyl groups excluding tert-OH is 1. The van der Waals surface area contributed by atoms with E-state index in [-0.39, 0.29) is 6.61 Å². The van der Waals surface area contributed by atoms with Gasteiger partial charge in [-0.2, -0.15) is 0 Å². The Morgan fingerprint density at radius 2 is 2.00 bits per heavy atom. The van der Waals surface area contributed by atoms with Crippen molar-refractivity contribution in [2.24, 2.45) is 0 Å². The molecule has 1 aromatic carbocycles. The molecule has 1 fully saturated rings. The van der Waals surface area contributed by atoms with Crippen molar-refractivity contribution in [1.82, 2.24) is 9.88 Å². The van der Waals surface area contributed by atoms with Crippen LogP contribution < -0.4 is 4.90 Å². The lowest BCUT2D eigenvalue weighted by atomic mass is 10.1. The molecule has 2 aromatic rings. The molecule has 0 amide bonds. The lowest BCUT2D eigenvalue weighted by molar-refractivity contribution is 0.277. The van der Waals surface area contributed by atoms with Gasteiger partial charge < -0.3 is 14.9 Å². The molecule has 0 bridgehead atoms. The Balaban J connectivity index is 1.83. The van der Waals surface area contributed by atoms with Crippen LogP contribution in [-0.2, 0) is 6.61 Å². The molecule has 0 saturated carbocycles. The summed E-state index contributed by atoms with van der Waals surface area (Å²) in [5.74, 6) is 0.969. The molecule has 1 N–H and O–H groups in total. The van der Waals surface area contributed by atoms with Crippen molar-refractivity contribution in [2.45, 2.75) is 19.4 Å². The Morgan fingerprint density at radius 1 is 1.24 bits per heavy atom. The molecule has 0 atom stereocenters. The highest BCUT2D eigenvalue weighted by atomic mass is 16.3. The van der Waals surface area contributed by atoms with E-state index in [0.717, 1.165) is 35.4 Å². The van der Waals surface area contributed by atoms with Crippen LogP contribution in [0.25, 0.3) is 10.8 Å². The Morgan fingerprint density at radius 3 is 2.76 bits per heavy atom. The Hall–Kier alpha value is -1.65. The van der Waals surface area contributed by atoms with Crippen molar-refractivity contribution in [3.63, 3.8) is 0 Å². The number of hydrogen-bond acceptors (Lipinski definition) is 4. The minimum Gasteiger partial charge on any atom is -0.390 e. The number of nitrogens with zero attached hydrogens (tertiary/aromatic N) is 3. The van der Waals surface area contributed by atoms with Crippen molar-refractivity contribution in [3.8, 4) is 0 Å². The van der Waals surface area contributed by atoms with Crippen molar-refractivity contribution < 1.29 is 5.11 Å². The Labute approximate surface area is 126 Å². The highest BCUT2D eigenvalue weighted by Gasteiger charge is 2.14. The number of benzene rings is 1. The van der Waals surface area contributed by atoms with Crippen LogP contribution in [-0.4, -0.2) is 48.2 Å². The fraction of sp³-hybridized carbons (Fsp3) is 0.471. The SMILES string of the molecule is CN(CCN1CCCC1)c1nc(CO)cc2ccccc12. The van der Waals surface area contributed by atoms with Gasteiger partial charge in [-0.1, -0.05) is 24.3 Å². The summed E-state index contributed by atoms with van der Waals surface area (Å²) in [5, 5.41) is 11.7. The van der Waals surface area contributed by atoms with Crippen LogP contribution in [0.1, 0.15) is 18.5 Å². The first-order valence-corrected chi connectivity index (χ1v) is 7.71. The smallest absolute Gasteiger partial charge is 0.136 e. The van der Waals surface area contributed by atoms with E-state index in [9.17, 15) is 5.11 Å². The third kappa shape index (κ3) is 3.17. The van der Waals surface area contributed by atoms with Crippen molar-refractivity contribution in [2.75, 3.05) is 38.1 Å². The summed E-state index contributed by atoms with van der Waals surface area (Å²) >= 11 is 0. The van der Waals surface area contributed by atoms with Gasteiger partial charge in [0.1, 0.15) is 5.82 Å². The molecule has 1 aliphatic heterocycles. The minimum atomic E-state index is -0.0161. The summed E-state index contributed by atoms with van der Waals surface area (Å²) in [6.07, 6.45) is 2.65. The zero-order valence-electron chi connectivity index (χ0n) is 12.6. The Kier molecular flexibility index (Phi) is 4.36. The Bertz CT molecular complexity index is 608. The van der Waals surface area contributed by atoms with E-state index >= 15 is 0 Å². The third-order valence-electron chi connectivity index (χ3n) is 4.25. The van der Waals surface area contributed by atoms with Gasteiger partial charge in [-0.25, -0.2) is 4.98 Å². The van der Waals surface area contributed by atoms with Crippen molar-refractivity contribution in [1.29, 1.82) is 0 Å². The number of aliphatic hydroxyl groups is 1. The second kappa shape index (κ2) is 6.41. The van der Waals surface area contributed by atoms with Gasteiger partial charge in [0.15, 0.2) is 0 Å². The number of likely N-dealkylation sites (tertiary alicyclic amines) is 1. The number of aromatic nitrogens is 1. The molecule has 0 unspecified atom stereocenters. The average Bonchev–Trinajstić information content (AvgIpc) is 3.05. The third-order valence-corrected chi connectivity index (χ3v) is 4.25. The average molecular weight is 285 g/mol. The molecule has 1 saturated heterocycles. The maximum absolute atomic E-state index is 9.42. The van der Waals surface area contributed by atoms with E-state index in [2.05, 4.69) is 34.0 Å². The van der Waals surface area contributed by atoms with Gasteiger partial charge in [0.05, 0.1) is 12.3 Å². The number of anilines is 1. The fourth-order valence-electron chi connectivity index (χ4n) is 3.01. The first-order chi connectivity index (χ1) is 10.3. The molecule has 4 nitrogen and oxygen atoms in total. The van der Waals surface area contributed by atoms with Gasteiger partial charge in [-0.15, -0.1) is 0 Å². The fourth-order valence-corrected chi connectivity index (χ4v) is 3.01. The molecule has 0 radical (unpaired) electrons. The molecule has 112 valence electrons. The van der Waals surface area contributed by atoms with Crippen LogP contribution in [0, 0.1) is 0 Å². The monoisotopic (exact) mass is 285 g/mol. The van der Waals surface area contributed by atoms with Crippen LogP contribution in [0.3, 0.4) is 0 Å². The maximum atomic E-state index is 9.42. The molecular formula is C17H23N3O. The molecule has 0 aliphatic carbocycles. The quantitative estimate of drug-likeness (QED) is 0.914. The second-order valence-corrected chi connectivity index (χ2v) is 5.79. The van der Waals surface area contributed by atoms with Crippen LogP contribution >= 0.6 is 0 Å². The number of likely N-dealkylation sites (N-methyl/N-ethyl adjacent to an activating group) is 1. The van der Waals surface area contributed by atoms with Crippen LogP contribution in [0.2, 0.25) is 0 Å². The summed E-state index contributed by atoms with van der Waals surface area (Å²) in [4.78, 5) is 9.34. The zero-order chi connectivity index (χ0) is 14.7. The number of rotatable bonds is 5. The standard InChI is InChI=1S/C17H23N3O/c1-19(10-11-20-8-4-5-9-20)17-16-7-3-2-6-14(16)12-15(13-21)18-17/h2-3,6-7,12,21H,4-5,8-11,13H2,1H3. The maximum Gasteiger partial charge on any atom is 0.136 e. The first-order valence-electron chi connectivity index (χ1n) is 7.71. The molecule has 21 heavy (non-hydrogen) atoms. The van der Waals surface area contributed by atoms with Crippen molar-refractivity contribution >= 4 is 16.6 Å². The predicted octanol–water partition coefficient (Wildman–Crippen LogP) is 2.26. The summed E-state index contributed by atoms with van der Waals surface area (Å²) in [7, 11) is 2.09.